The van der Waals surface area contributed by atoms with E-state index in [9.17, 15) is 4.79 Å². The lowest BCUT2D eigenvalue weighted by Gasteiger charge is -2.38. The topological polar surface area (TPSA) is 52.3 Å². The Bertz CT molecular complexity index is 192. The Kier molecular flexibility index (Phi) is 5.13. The fourth-order valence-electron chi connectivity index (χ4n) is 1.63. The molecule has 0 saturated heterocycles. The maximum atomic E-state index is 11.3. The summed E-state index contributed by atoms with van der Waals surface area (Å²) in [5.74, 6) is 0.242. The molecule has 0 aromatic carbocycles. The average molecular weight is 201 g/mol. The summed E-state index contributed by atoms with van der Waals surface area (Å²) < 4.78 is 4.70. The molecule has 3 atom stereocenters. The predicted molar refractivity (Wildman–Crippen MR) is 57.8 cm³/mol. The smallest absolute Gasteiger partial charge is 0.306 e. The minimum Gasteiger partial charge on any atom is -0.469 e. The maximum Gasteiger partial charge on any atom is 0.306 e. The van der Waals surface area contributed by atoms with Crippen LogP contribution in [0.25, 0.3) is 0 Å². The number of rotatable bonds is 5. The van der Waals surface area contributed by atoms with Crippen LogP contribution in [0, 0.1) is 11.3 Å². The van der Waals surface area contributed by atoms with Gasteiger partial charge in [-0.3, -0.25) is 4.79 Å². The fourth-order valence-corrected chi connectivity index (χ4v) is 1.63. The molecule has 3 unspecified atom stereocenters. The molecule has 3 heteroatoms. The standard InChI is InChI=1S/C11H23NO2/c1-6-8(2)11(4,9(3)12)7-10(13)14-5/h8-9H,6-7,12H2,1-5H3. The van der Waals surface area contributed by atoms with Gasteiger partial charge in [0.05, 0.1) is 13.5 Å². The Morgan fingerprint density at radius 2 is 2.00 bits per heavy atom. The summed E-state index contributed by atoms with van der Waals surface area (Å²) in [4.78, 5) is 11.3. The minimum atomic E-state index is -0.176. The Balaban J connectivity index is 4.63. The van der Waals surface area contributed by atoms with Crippen molar-refractivity contribution in [2.75, 3.05) is 7.11 Å². The summed E-state index contributed by atoms with van der Waals surface area (Å²) in [5, 5.41) is 0. The first kappa shape index (κ1) is 13.4. The van der Waals surface area contributed by atoms with Gasteiger partial charge in [0, 0.05) is 6.04 Å². The van der Waals surface area contributed by atoms with Crippen LogP contribution in [0.3, 0.4) is 0 Å². The van der Waals surface area contributed by atoms with E-state index in [1.54, 1.807) is 0 Å². The molecule has 0 aromatic heterocycles. The van der Waals surface area contributed by atoms with Gasteiger partial charge in [-0.15, -0.1) is 0 Å². The number of esters is 1. The van der Waals surface area contributed by atoms with E-state index >= 15 is 0 Å². The van der Waals surface area contributed by atoms with Crippen molar-refractivity contribution in [2.24, 2.45) is 17.1 Å². The molecule has 0 bridgehead atoms. The lowest BCUT2D eigenvalue weighted by molar-refractivity contribution is -0.144. The van der Waals surface area contributed by atoms with Crippen LogP contribution in [0.4, 0.5) is 0 Å². The quantitative estimate of drug-likeness (QED) is 0.692. The van der Waals surface area contributed by atoms with Gasteiger partial charge in [-0.05, 0) is 18.3 Å². The third kappa shape index (κ3) is 2.98. The van der Waals surface area contributed by atoms with Gasteiger partial charge in [0.2, 0.25) is 0 Å². The van der Waals surface area contributed by atoms with Gasteiger partial charge < -0.3 is 10.5 Å². The van der Waals surface area contributed by atoms with E-state index in [1.165, 1.54) is 7.11 Å². The van der Waals surface area contributed by atoms with Crippen molar-refractivity contribution >= 4 is 5.97 Å². The first-order chi connectivity index (χ1) is 6.38. The number of hydrogen-bond acceptors (Lipinski definition) is 3. The first-order valence-corrected chi connectivity index (χ1v) is 5.20. The van der Waals surface area contributed by atoms with E-state index in [0.717, 1.165) is 6.42 Å². The van der Waals surface area contributed by atoms with Gasteiger partial charge in [0.25, 0.3) is 0 Å². The summed E-state index contributed by atoms with van der Waals surface area (Å²) in [7, 11) is 1.42. The SMILES string of the molecule is CCC(C)C(C)(CC(=O)OC)C(C)N. The van der Waals surface area contributed by atoms with Gasteiger partial charge in [-0.1, -0.05) is 27.2 Å². The Hall–Kier alpha value is -0.570. The van der Waals surface area contributed by atoms with Gasteiger partial charge in [-0.25, -0.2) is 0 Å². The molecule has 0 rings (SSSR count). The number of ether oxygens (including phenoxy) is 1. The molecular weight excluding hydrogens is 178 g/mol. The van der Waals surface area contributed by atoms with Crippen molar-refractivity contribution < 1.29 is 9.53 Å². The molecule has 0 heterocycles. The zero-order chi connectivity index (χ0) is 11.4. The van der Waals surface area contributed by atoms with Crippen LogP contribution in [0.2, 0.25) is 0 Å². The summed E-state index contributed by atoms with van der Waals surface area (Å²) >= 11 is 0. The second-order valence-electron chi connectivity index (χ2n) is 4.36. The van der Waals surface area contributed by atoms with Crippen LogP contribution >= 0.6 is 0 Å². The van der Waals surface area contributed by atoms with Crippen LogP contribution < -0.4 is 5.73 Å². The largest absolute Gasteiger partial charge is 0.469 e. The molecule has 0 aliphatic heterocycles. The van der Waals surface area contributed by atoms with Gasteiger partial charge in [-0.2, -0.15) is 0 Å². The van der Waals surface area contributed by atoms with Crippen molar-refractivity contribution in [1.29, 1.82) is 0 Å². The normalized spacial score (nSPS) is 19.6. The molecule has 0 radical (unpaired) electrons. The predicted octanol–water partition coefficient (Wildman–Crippen LogP) is 1.95. The molecule has 0 aliphatic rings. The van der Waals surface area contributed by atoms with Crippen LogP contribution in [-0.2, 0) is 9.53 Å². The molecule has 14 heavy (non-hydrogen) atoms. The van der Waals surface area contributed by atoms with Crippen molar-refractivity contribution in [3.05, 3.63) is 0 Å². The minimum absolute atomic E-state index is 0.00319. The Morgan fingerprint density at radius 3 is 2.29 bits per heavy atom. The first-order valence-electron chi connectivity index (χ1n) is 5.20. The van der Waals surface area contributed by atoms with Gasteiger partial charge in [0.15, 0.2) is 0 Å². The van der Waals surface area contributed by atoms with E-state index in [0.29, 0.717) is 12.3 Å². The number of carbonyl (C=O) groups excluding carboxylic acids is 1. The van der Waals surface area contributed by atoms with Crippen LogP contribution in [0.1, 0.15) is 40.5 Å². The van der Waals surface area contributed by atoms with Crippen LogP contribution in [-0.4, -0.2) is 19.1 Å². The van der Waals surface area contributed by atoms with E-state index in [4.69, 9.17) is 10.5 Å². The highest BCUT2D eigenvalue weighted by atomic mass is 16.5. The van der Waals surface area contributed by atoms with Crippen molar-refractivity contribution in [3.63, 3.8) is 0 Å². The molecule has 0 aromatic rings. The highest BCUT2D eigenvalue weighted by molar-refractivity contribution is 5.70. The van der Waals surface area contributed by atoms with Crippen molar-refractivity contribution in [3.8, 4) is 0 Å². The third-order valence-corrected chi connectivity index (χ3v) is 3.53. The van der Waals surface area contributed by atoms with Crippen molar-refractivity contribution in [1.82, 2.24) is 0 Å². The molecular formula is C11H23NO2. The van der Waals surface area contributed by atoms with Crippen LogP contribution in [0.5, 0.6) is 0 Å². The van der Waals surface area contributed by atoms with E-state index in [1.807, 2.05) is 6.92 Å². The molecule has 0 aliphatic carbocycles. The molecule has 0 fully saturated rings. The summed E-state index contributed by atoms with van der Waals surface area (Å²) in [5.41, 5.74) is 5.78. The number of hydrogen-bond donors (Lipinski definition) is 1. The van der Waals surface area contributed by atoms with Gasteiger partial charge >= 0.3 is 5.97 Å². The summed E-state index contributed by atoms with van der Waals surface area (Å²) in [6.07, 6.45) is 1.42. The summed E-state index contributed by atoms with van der Waals surface area (Å²) in [6.45, 7) is 8.26. The van der Waals surface area contributed by atoms with E-state index in [2.05, 4.69) is 20.8 Å². The highest BCUT2D eigenvalue weighted by Crippen LogP contribution is 2.36. The third-order valence-electron chi connectivity index (χ3n) is 3.53. The lowest BCUT2D eigenvalue weighted by Crippen LogP contribution is -2.43. The van der Waals surface area contributed by atoms with E-state index in [-0.39, 0.29) is 17.4 Å². The fraction of sp³-hybridized carbons (Fsp3) is 0.909. The second-order valence-corrected chi connectivity index (χ2v) is 4.36. The monoisotopic (exact) mass is 201 g/mol. The molecule has 0 spiro atoms. The number of methoxy groups -OCH3 is 1. The molecule has 2 N–H and O–H groups in total. The van der Waals surface area contributed by atoms with Crippen LogP contribution in [0.15, 0.2) is 0 Å². The molecule has 84 valence electrons. The molecule has 0 amide bonds. The summed E-state index contributed by atoms with van der Waals surface area (Å²) in [6, 6.07) is -0.00319. The highest BCUT2D eigenvalue weighted by Gasteiger charge is 2.36. The molecule has 0 saturated carbocycles. The zero-order valence-electron chi connectivity index (χ0n) is 9.96. The van der Waals surface area contributed by atoms with E-state index < -0.39 is 0 Å². The average Bonchev–Trinajstić information content (AvgIpc) is 2.15. The number of nitrogens with two attached hydrogens (primary N) is 1. The molecule has 3 nitrogen and oxygen atoms in total. The van der Waals surface area contributed by atoms with Gasteiger partial charge in [0.1, 0.15) is 0 Å². The zero-order valence-corrected chi connectivity index (χ0v) is 9.96. The lowest BCUT2D eigenvalue weighted by atomic mass is 9.69. The van der Waals surface area contributed by atoms with Crippen molar-refractivity contribution in [2.45, 2.75) is 46.6 Å². The maximum absolute atomic E-state index is 11.3. The number of carbonyl (C=O) groups is 1. The second kappa shape index (κ2) is 5.35. The Morgan fingerprint density at radius 1 is 1.50 bits per heavy atom. The Labute approximate surface area is 87.0 Å².